The molecule has 1 aliphatic carbocycles. The zero-order chi connectivity index (χ0) is 23.4. The van der Waals surface area contributed by atoms with E-state index in [-0.39, 0.29) is 11.3 Å². The van der Waals surface area contributed by atoms with Crippen LogP contribution in [0.15, 0.2) is 53.7 Å². The van der Waals surface area contributed by atoms with Crippen molar-refractivity contribution in [1.82, 2.24) is 14.8 Å². The topological polar surface area (TPSA) is 73.8 Å². The van der Waals surface area contributed by atoms with Crippen molar-refractivity contribution < 1.29 is 18.1 Å². The molecule has 0 unspecified atom stereocenters. The minimum absolute atomic E-state index is 0.113. The van der Waals surface area contributed by atoms with Gasteiger partial charge in [-0.2, -0.15) is 13.2 Å². The summed E-state index contributed by atoms with van der Waals surface area (Å²) in [7, 11) is 0. The number of nitro benzene ring substituents is 1. The second-order valence-corrected chi connectivity index (χ2v) is 9.12. The van der Waals surface area contributed by atoms with Crippen LogP contribution in [0.3, 0.4) is 0 Å². The van der Waals surface area contributed by atoms with E-state index in [1.54, 1.807) is 0 Å². The van der Waals surface area contributed by atoms with Gasteiger partial charge in [-0.05, 0) is 30.0 Å². The Bertz CT molecular complexity index is 1110. The second-order valence-electron chi connectivity index (χ2n) is 8.18. The van der Waals surface area contributed by atoms with Gasteiger partial charge in [-0.25, -0.2) is 0 Å². The number of benzene rings is 2. The summed E-state index contributed by atoms with van der Waals surface area (Å²) in [6.45, 7) is 0.560. The summed E-state index contributed by atoms with van der Waals surface area (Å²) in [6, 6.07) is 12.6. The molecule has 0 bridgehead atoms. The monoisotopic (exact) mass is 476 g/mol. The Kier molecular flexibility index (Phi) is 7.02. The summed E-state index contributed by atoms with van der Waals surface area (Å²) in [4.78, 5) is 10.3. The smallest absolute Gasteiger partial charge is 0.301 e. The normalized spacial score (nSPS) is 15.0. The lowest BCUT2D eigenvalue weighted by Crippen LogP contribution is -2.13. The molecule has 0 amide bonds. The average molecular weight is 477 g/mol. The summed E-state index contributed by atoms with van der Waals surface area (Å²) in [5.74, 6) is 1.32. The first-order chi connectivity index (χ1) is 15.8. The van der Waals surface area contributed by atoms with Crippen molar-refractivity contribution >= 4 is 17.4 Å². The van der Waals surface area contributed by atoms with Crippen LogP contribution < -0.4 is 0 Å². The molecular formula is C23H23F3N4O2S. The lowest BCUT2D eigenvalue weighted by molar-refractivity contribution is -0.385. The fourth-order valence-corrected chi connectivity index (χ4v) is 5.03. The van der Waals surface area contributed by atoms with Gasteiger partial charge in [0.15, 0.2) is 5.16 Å². The quantitative estimate of drug-likeness (QED) is 0.218. The van der Waals surface area contributed by atoms with E-state index in [1.165, 1.54) is 24.2 Å². The zero-order valence-electron chi connectivity index (χ0n) is 17.8. The van der Waals surface area contributed by atoms with E-state index in [9.17, 15) is 23.3 Å². The van der Waals surface area contributed by atoms with Gasteiger partial charge in [0.25, 0.3) is 5.69 Å². The molecule has 2 aromatic carbocycles. The van der Waals surface area contributed by atoms with E-state index in [2.05, 4.69) is 10.2 Å². The fraction of sp³-hybridized carbons (Fsp3) is 0.391. The highest BCUT2D eigenvalue weighted by atomic mass is 32.2. The number of non-ortho nitro benzene ring substituents is 1. The number of rotatable bonds is 7. The molecular weight excluding hydrogens is 453 g/mol. The molecule has 0 radical (unpaired) electrons. The summed E-state index contributed by atoms with van der Waals surface area (Å²) < 4.78 is 41.7. The van der Waals surface area contributed by atoms with Gasteiger partial charge in [-0.1, -0.05) is 61.4 Å². The Morgan fingerprint density at radius 3 is 2.42 bits per heavy atom. The van der Waals surface area contributed by atoms with Gasteiger partial charge in [-0.3, -0.25) is 10.1 Å². The average Bonchev–Trinajstić information content (AvgIpc) is 3.20. The maximum absolute atomic E-state index is 13.2. The summed E-state index contributed by atoms with van der Waals surface area (Å²) >= 11 is 1.24. The van der Waals surface area contributed by atoms with E-state index >= 15 is 0 Å². The molecule has 1 heterocycles. The van der Waals surface area contributed by atoms with Crippen LogP contribution in [0.1, 0.15) is 60.5 Å². The predicted molar refractivity (Wildman–Crippen MR) is 119 cm³/mol. The third-order valence-electron chi connectivity index (χ3n) is 5.78. The van der Waals surface area contributed by atoms with Gasteiger partial charge >= 0.3 is 6.18 Å². The number of thioether (sulfide) groups is 1. The lowest BCUT2D eigenvalue weighted by Gasteiger charge is -2.22. The number of hydrogen-bond donors (Lipinski definition) is 0. The lowest BCUT2D eigenvalue weighted by atomic mass is 9.88. The molecule has 0 spiro atoms. The van der Waals surface area contributed by atoms with Gasteiger partial charge in [0.1, 0.15) is 5.82 Å². The summed E-state index contributed by atoms with van der Waals surface area (Å²) in [5.41, 5.74) is -0.309. The highest BCUT2D eigenvalue weighted by Gasteiger charge is 2.33. The molecule has 1 saturated carbocycles. The zero-order valence-corrected chi connectivity index (χ0v) is 18.6. The number of nitro groups is 1. The number of nitrogens with zero attached hydrogens (tertiary/aromatic N) is 4. The van der Waals surface area contributed by atoms with Gasteiger partial charge in [0.2, 0.25) is 0 Å². The first kappa shape index (κ1) is 23.3. The molecule has 6 nitrogen and oxygen atoms in total. The predicted octanol–water partition coefficient (Wildman–Crippen LogP) is 6.59. The van der Waals surface area contributed by atoms with E-state index in [4.69, 9.17) is 0 Å². The van der Waals surface area contributed by atoms with Crippen LogP contribution in [-0.2, 0) is 18.5 Å². The Balaban J connectivity index is 1.62. The van der Waals surface area contributed by atoms with Crippen LogP contribution in [-0.4, -0.2) is 19.7 Å². The Labute approximate surface area is 193 Å². The highest BCUT2D eigenvalue weighted by Crippen LogP contribution is 2.36. The number of aromatic nitrogens is 3. The number of halogens is 3. The molecule has 0 atom stereocenters. The molecule has 0 aliphatic heterocycles. The van der Waals surface area contributed by atoms with Crippen LogP contribution in [0.25, 0.3) is 0 Å². The van der Waals surface area contributed by atoms with E-state index in [0.717, 1.165) is 43.1 Å². The maximum atomic E-state index is 13.2. The second kappa shape index (κ2) is 9.94. The van der Waals surface area contributed by atoms with Gasteiger partial charge in [0, 0.05) is 23.8 Å². The number of hydrogen-bond acceptors (Lipinski definition) is 5. The van der Waals surface area contributed by atoms with Crippen molar-refractivity contribution in [3.05, 3.63) is 81.2 Å². The van der Waals surface area contributed by atoms with Crippen molar-refractivity contribution in [1.29, 1.82) is 0 Å². The molecule has 10 heteroatoms. The molecule has 3 aromatic rings. The summed E-state index contributed by atoms with van der Waals surface area (Å²) in [5, 5.41) is 20.5. The highest BCUT2D eigenvalue weighted by molar-refractivity contribution is 7.98. The Hall–Kier alpha value is -2.88. The van der Waals surface area contributed by atoms with Crippen molar-refractivity contribution in [2.75, 3.05) is 0 Å². The van der Waals surface area contributed by atoms with Crippen LogP contribution in [0.2, 0.25) is 0 Å². The largest absolute Gasteiger partial charge is 0.416 e. The third-order valence-corrected chi connectivity index (χ3v) is 6.82. The van der Waals surface area contributed by atoms with Gasteiger partial charge in [-0.15, -0.1) is 10.2 Å². The first-order valence-corrected chi connectivity index (χ1v) is 11.7. The van der Waals surface area contributed by atoms with Crippen molar-refractivity contribution in [2.24, 2.45) is 0 Å². The van der Waals surface area contributed by atoms with Crippen LogP contribution in [0, 0.1) is 10.1 Å². The van der Waals surface area contributed by atoms with Gasteiger partial charge in [0.05, 0.1) is 17.0 Å². The van der Waals surface area contributed by atoms with Crippen molar-refractivity contribution in [2.45, 2.75) is 61.7 Å². The standard InChI is InChI=1S/C23H23F3N4O2S/c24-23(25,26)19-11-17(12-20(13-19)30(31)32)15-33-22-28-27-21(18-9-5-2-6-10-18)29(22)14-16-7-3-1-4-8-16/h1,3-4,7-8,11-13,18H,2,5-6,9-10,14-15H2. The molecule has 0 saturated heterocycles. The van der Waals surface area contributed by atoms with E-state index < -0.39 is 22.4 Å². The molecule has 0 N–H and O–H groups in total. The minimum atomic E-state index is -4.66. The third kappa shape index (κ3) is 5.73. The van der Waals surface area contributed by atoms with Gasteiger partial charge < -0.3 is 4.57 Å². The Morgan fingerprint density at radius 1 is 1.03 bits per heavy atom. The molecule has 4 rings (SSSR count). The fourth-order valence-electron chi connectivity index (χ4n) is 4.16. The number of alkyl halides is 3. The maximum Gasteiger partial charge on any atom is 0.416 e. The Morgan fingerprint density at radius 2 is 1.76 bits per heavy atom. The van der Waals surface area contributed by atoms with Crippen LogP contribution >= 0.6 is 11.8 Å². The van der Waals surface area contributed by atoms with Crippen LogP contribution in [0.5, 0.6) is 0 Å². The SMILES string of the molecule is O=[N+]([O-])c1cc(CSc2nnc(C3CCCCC3)n2Cc2ccccc2)cc(C(F)(F)F)c1. The molecule has 1 aliphatic rings. The minimum Gasteiger partial charge on any atom is -0.301 e. The van der Waals surface area contributed by atoms with E-state index in [1.807, 2.05) is 34.9 Å². The van der Waals surface area contributed by atoms with Crippen molar-refractivity contribution in [3.8, 4) is 0 Å². The first-order valence-electron chi connectivity index (χ1n) is 10.8. The molecule has 33 heavy (non-hydrogen) atoms. The molecule has 1 fully saturated rings. The van der Waals surface area contributed by atoms with Crippen LogP contribution in [0.4, 0.5) is 18.9 Å². The molecule has 1 aromatic heterocycles. The molecule has 174 valence electrons. The van der Waals surface area contributed by atoms with E-state index in [0.29, 0.717) is 23.7 Å². The van der Waals surface area contributed by atoms with Crippen molar-refractivity contribution in [3.63, 3.8) is 0 Å². The summed E-state index contributed by atoms with van der Waals surface area (Å²) in [6.07, 6.45) is 0.902.